The minimum absolute atomic E-state index is 0.0220. The number of carbonyl (C=O) groups is 1. The molecule has 8 nitrogen and oxygen atoms in total. The summed E-state index contributed by atoms with van der Waals surface area (Å²) in [7, 11) is 0. The van der Waals surface area contributed by atoms with E-state index in [1.165, 1.54) is 23.8 Å². The Labute approximate surface area is 269 Å². The fraction of sp³-hybridized carbons (Fsp3) is 0.417. The maximum absolute atomic E-state index is 13.2. The lowest BCUT2D eigenvalue weighted by molar-refractivity contribution is -0.274. The van der Waals surface area contributed by atoms with Crippen LogP contribution in [0, 0.1) is 11.3 Å². The van der Waals surface area contributed by atoms with Crippen molar-refractivity contribution in [2.24, 2.45) is 11.3 Å². The van der Waals surface area contributed by atoms with Crippen LogP contribution < -0.4 is 14.4 Å². The number of hydrogen-bond donors (Lipinski definition) is 1. The quantitative estimate of drug-likeness (QED) is 0.193. The van der Waals surface area contributed by atoms with Crippen LogP contribution >= 0.6 is 0 Å². The lowest BCUT2D eigenvalue weighted by Crippen LogP contribution is -2.44. The Balaban J connectivity index is 0.988. The Morgan fingerprint density at radius 3 is 2.51 bits per heavy atom. The van der Waals surface area contributed by atoms with Gasteiger partial charge >= 0.3 is 12.3 Å². The van der Waals surface area contributed by atoms with Crippen molar-refractivity contribution in [3.05, 3.63) is 71.1 Å². The monoisotopic (exact) mass is 645 g/mol. The Morgan fingerprint density at radius 1 is 1.04 bits per heavy atom. The van der Waals surface area contributed by atoms with Crippen molar-refractivity contribution >= 4 is 28.6 Å². The first kappa shape index (κ1) is 29.8. The zero-order chi connectivity index (χ0) is 32.3. The lowest BCUT2D eigenvalue weighted by Gasteiger charge is -2.50. The number of alkyl halides is 3. The van der Waals surface area contributed by atoms with Gasteiger partial charge in [-0.2, -0.15) is 0 Å². The van der Waals surface area contributed by atoms with E-state index in [2.05, 4.69) is 31.9 Å². The molecule has 47 heavy (non-hydrogen) atoms. The molecule has 1 N–H and O–H groups in total. The minimum atomic E-state index is -4.81. The highest BCUT2D eigenvalue weighted by Gasteiger charge is 2.43. The van der Waals surface area contributed by atoms with E-state index in [-0.39, 0.29) is 28.3 Å². The number of anilines is 1. The van der Waals surface area contributed by atoms with Gasteiger partial charge in [0.2, 0.25) is 0 Å². The number of halogens is 3. The Bertz CT molecular complexity index is 1870. The molecule has 4 fully saturated rings. The first-order valence-electron chi connectivity index (χ1n) is 16.2. The number of ether oxygens (including phenoxy) is 2. The fourth-order valence-corrected chi connectivity index (χ4v) is 7.07. The van der Waals surface area contributed by atoms with E-state index in [9.17, 15) is 23.1 Å². The highest BCUT2D eigenvalue weighted by molar-refractivity contribution is 5.94. The Kier molecular flexibility index (Phi) is 7.18. The normalized spacial score (nSPS) is 19.1. The lowest BCUT2D eigenvalue weighted by atomic mass is 9.60. The Hall–Kier alpha value is -4.54. The summed E-state index contributed by atoms with van der Waals surface area (Å²) in [6.45, 7) is 2.34. The fourth-order valence-electron chi connectivity index (χ4n) is 7.07. The zero-order valence-electron chi connectivity index (χ0n) is 25.7. The summed E-state index contributed by atoms with van der Waals surface area (Å²) < 4.78 is 55.7. The molecular weight excluding hydrogens is 611 g/mol. The van der Waals surface area contributed by atoms with Crippen molar-refractivity contribution in [3.8, 4) is 22.8 Å². The molecule has 244 valence electrons. The second-order valence-electron chi connectivity index (χ2n) is 13.5. The predicted molar refractivity (Wildman–Crippen MR) is 169 cm³/mol. The number of allylic oxidation sites excluding steroid dienone is 1. The van der Waals surface area contributed by atoms with Crippen LogP contribution in [0.15, 0.2) is 58.6 Å². The summed E-state index contributed by atoms with van der Waals surface area (Å²) >= 11 is 0. The van der Waals surface area contributed by atoms with E-state index >= 15 is 0 Å². The molecule has 4 aromatic rings. The highest BCUT2D eigenvalue weighted by atomic mass is 19.4. The van der Waals surface area contributed by atoms with Gasteiger partial charge in [0.25, 0.3) is 0 Å². The van der Waals surface area contributed by atoms with Gasteiger partial charge in [-0.05, 0) is 99.1 Å². The van der Waals surface area contributed by atoms with Gasteiger partial charge in [0, 0.05) is 47.3 Å². The van der Waals surface area contributed by atoms with Crippen molar-refractivity contribution in [1.82, 2.24) is 10.1 Å². The number of fused-ring (bicyclic) bond motifs is 1. The van der Waals surface area contributed by atoms with Gasteiger partial charge in [0.1, 0.15) is 23.0 Å². The molecule has 4 aliphatic rings. The van der Waals surface area contributed by atoms with Gasteiger partial charge in [-0.3, -0.25) is 0 Å². The van der Waals surface area contributed by atoms with E-state index in [0.717, 1.165) is 86.9 Å². The third kappa shape index (κ3) is 6.15. The van der Waals surface area contributed by atoms with Gasteiger partial charge in [0.05, 0.1) is 12.1 Å². The molecule has 1 saturated heterocycles. The number of carboxylic acid groups (broad SMARTS) is 1. The number of carboxylic acids is 1. The summed E-state index contributed by atoms with van der Waals surface area (Å²) in [5.74, 6) is 0.711. The van der Waals surface area contributed by atoms with Crippen molar-refractivity contribution in [2.45, 2.75) is 63.6 Å². The number of para-hydroxylation sites is 1. The third-order valence-electron chi connectivity index (χ3n) is 9.96. The average Bonchev–Trinajstić information content (AvgIpc) is 3.98. The van der Waals surface area contributed by atoms with Crippen LogP contribution in [0.2, 0.25) is 0 Å². The SMILES string of the molecule is O=C(O)c1cc(OCC2CC2)c2cc(N3CCC4(CC3)CC(=Cc3c(-c5ccccc5OC(F)(F)F)noc3C3CC3)C4)ccc2n1. The summed E-state index contributed by atoms with van der Waals surface area (Å²) in [5.41, 5.74) is 4.50. The van der Waals surface area contributed by atoms with Crippen molar-refractivity contribution < 1.29 is 37.1 Å². The van der Waals surface area contributed by atoms with Gasteiger partial charge in [0.15, 0.2) is 5.69 Å². The molecule has 0 amide bonds. The van der Waals surface area contributed by atoms with Gasteiger partial charge in [-0.1, -0.05) is 22.9 Å². The topological polar surface area (TPSA) is 97.9 Å². The van der Waals surface area contributed by atoms with Crippen molar-refractivity contribution in [2.75, 3.05) is 24.6 Å². The molecule has 3 heterocycles. The number of nitrogens with zero attached hydrogens (tertiary/aromatic N) is 3. The van der Waals surface area contributed by atoms with Crippen LogP contribution in [0.3, 0.4) is 0 Å². The second kappa shape index (κ2) is 11.3. The molecule has 2 aromatic carbocycles. The van der Waals surface area contributed by atoms with Crippen LogP contribution in [0.25, 0.3) is 28.2 Å². The summed E-state index contributed by atoms with van der Waals surface area (Å²) in [6.07, 6.45) is 5.38. The van der Waals surface area contributed by atoms with Gasteiger partial charge in [-0.15, -0.1) is 13.2 Å². The second-order valence-corrected chi connectivity index (χ2v) is 13.5. The van der Waals surface area contributed by atoms with Gasteiger partial charge < -0.3 is 24.0 Å². The highest BCUT2D eigenvalue weighted by Crippen LogP contribution is 2.54. The number of aromatic carboxylic acids is 1. The average molecular weight is 646 g/mol. The van der Waals surface area contributed by atoms with Crippen LogP contribution in [0.5, 0.6) is 11.5 Å². The van der Waals surface area contributed by atoms with E-state index in [1.54, 1.807) is 12.1 Å². The number of piperidine rings is 1. The molecule has 0 radical (unpaired) electrons. The van der Waals surface area contributed by atoms with Crippen molar-refractivity contribution in [3.63, 3.8) is 0 Å². The van der Waals surface area contributed by atoms with E-state index in [4.69, 9.17) is 9.26 Å². The van der Waals surface area contributed by atoms with Gasteiger partial charge in [-0.25, -0.2) is 9.78 Å². The maximum atomic E-state index is 13.2. The molecule has 0 bridgehead atoms. The van der Waals surface area contributed by atoms with Crippen LogP contribution in [-0.2, 0) is 0 Å². The molecule has 11 heteroatoms. The molecule has 2 aromatic heterocycles. The molecule has 0 unspecified atom stereocenters. The standard InChI is InChI=1S/C36H34F3N3O5/c37-36(38,39)46-30-4-2-1-3-25(30)32-27(33(47-41-32)23-7-8-23)15-22-18-35(19-22)11-13-42(14-12-35)24-9-10-28-26(16-24)31(45-20-21-5-6-21)17-29(40-28)34(43)44/h1-4,9-10,15-17,21,23H,5-8,11-14,18-20H2,(H,43,44). The molecular formula is C36H34F3N3O5. The smallest absolute Gasteiger partial charge is 0.493 e. The predicted octanol–water partition coefficient (Wildman–Crippen LogP) is 8.62. The molecule has 8 rings (SSSR count). The first-order chi connectivity index (χ1) is 22.6. The van der Waals surface area contributed by atoms with E-state index < -0.39 is 12.3 Å². The number of rotatable bonds is 9. The molecule has 3 saturated carbocycles. The van der Waals surface area contributed by atoms with E-state index in [1.807, 2.05) is 12.1 Å². The molecule has 1 spiro atoms. The largest absolute Gasteiger partial charge is 0.573 e. The maximum Gasteiger partial charge on any atom is 0.573 e. The zero-order valence-corrected chi connectivity index (χ0v) is 25.7. The third-order valence-corrected chi connectivity index (χ3v) is 9.96. The Morgan fingerprint density at radius 2 is 1.81 bits per heavy atom. The summed E-state index contributed by atoms with van der Waals surface area (Å²) in [4.78, 5) is 18.4. The summed E-state index contributed by atoms with van der Waals surface area (Å²) in [5, 5.41) is 14.6. The van der Waals surface area contributed by atoms with Crippen LogP contribution in [0.1, 0.15) is 79.1 Å². The van der Waals surface area contributed by atoms with Crippen LogP contribution in [0.4, 0.5) is 18.9 Å². The number of pyridine rings is 1. The summed E-state index contributed by atoms with van der Waals surface area (Å²) in [6, 6.07) is 13.6. The van der Waals surface area contributed by atoms with Crippen LogP contribution in [-0.4, -0.2) is 47.3 Å². The molecule has 0 atom stereocenters. The molecule has 3 aliphatic carbocycles. The number of hydrogen-bond acceptors (Lipinski definition) is 7. The number of benzene rings is 2. The van der Waals surface area contributed by atoms with Crippen molar-refractivity contribution in [1.29, 1.82) is 0 Å². The first-order valence-corrected chi connectivity index (χ1v) is 16.2. The number of aromatic nitrogens is 2. The van der Waals surface area contributed by atoms with E-state index in [0.29, 0.717) is 29.5 Å². The molecule has 1 aliphatic heterocycles. The minimum Gasteiger partial charge on any atom is -0.493 e.